The number of nitrogens with one attached hydrogen (secondary N) is 1. The van der Waals surface area contributed by atoms with Gasteiger partial charge in [-0.1, -0.05) is 13.0 Å². The normalized spacial score (nSPS) is 15.2. The van der Waals surface area contributed by atoms with Crippen LogP contribution in [-0.2, 0) is 0 Å². The first-order valence-corrected chi connectivity index (χ1v) is 8.15. The zero-order chi connectivity index (χ0) is 17.8. The molecule has 6 nitrogen and oxygen atoms in total. The molecule has 1 aromatic carbocycles. The van der Waals surface area contributed by atoms with E-state index in [9.17, 15) is 13.6 Å². The second-order valence-corrected chi connectivity index (χ2v) is 5.75. The third-order valence-corrected chi connectivity index (χ3v) is 4.23. The molecule has 0 atom stereocenters. The summed E-state index contributed by atoms with van der Waals surface area (Å²) in [5.41, 5.74) is -0.493. The SMILES string of the molecule is CCN1CCN(c2ccc(C(=O)Nc3c(F)cccc3F)nn2)CC1. The molecule has 0 saturated carbocycles. The number of anilines is 2. The lowest BCUT2D eigenvalue weighted by atomic mass is 10.2. The van der Waals surface area contributed by atoms with Crippen molar-refractivity contribution in [1.82, 2.24) is 15.1 Å². The molecule has 0 bridgehead atoms. The summed E-state index contributed by atoms with van der Waals surface area (Å²) in [4.78, 5) is 16.6. The number of carbonyl (C=O) groups excluding carboxylic acids is 1. The zero-order valence-electron chi connectivity index (χ0n) is 13.9. The van der Waals surface area contributed by atoms with E-state index < -0.39 is 23.2 Å². The second kappa shape index (κ2) is 7.52. The molecule has 1 aromatic heterocycles. The Balaban J connectivity index is 1.67. The number of para-hydroxylation sites is 1. The fourth-order valence-corrected chi connectivity index (χ4v) is 2.70. The average Bonchev–Trinajstić information content (AvgIpc) is 2.65. The summed E-state index contributed by atoms with van der Waals surface area (Å²) in [6, 6.07) is 6.57. The molecule has 2 aromatic rings. The van der Waals surface area contributed by atoms with Gasteiger partial charge in [0.1, 0.15) is 17.3 Å². The fraction of sp³-hybridized carbons (Fsp3) is 0.353. The Labute approximate surface area is 144 Å². The number of amides is 1. The smallest absolute Gasteiger partial charge is 0.276 e. The molecule has 1 fully saturated rings. The minimum absolute atomic E-state index is 0.00130. The van der Waals surface area contributed by atoms with Gasteiger partial charge in [0.25, 0.3) is 5.91 Å². The summed E-state index contributed by atoms with van der Waals surface area (Å²) in [5.74, 6) is -1.71. The lowest BCUT2D eigenvalue weighted by Gasteiger charge is -2.34. The van der Waals surface area contributed by atoms with E-state index in [-0.39, 0.29) is 5.69 Å². The number of aromatic nitrogens is 2. The monoisotopic (exact) mass is 347 g/mol. The molecule has 1 saturated heterocycles. The van der Waals surface area contributed by atoms with Gasteiger partial charge < -0.3 is 15.1 Å². The van der Waals surface area contributed by atoms with Gasteiger partial charge in [0.15, 0.2) is 11.5 Å². The summed E-state index contributed by atoms with van der Waals surface area (Å²) >= 11 is 0. The largest absolute Gasteiger partial charge is 0.353 e. The third kappa shape index (κ3) is 3.90. The first-order valence-electron chi connectivity index (χ1n) is 8.15. The van der Waals surface area contributed by atoms with Crippen LogP contribution < -0.4 is 10.2 Å². The predicted molar refractivity (Wildman–Crippen MR) is 90.7 cm³/mol. The van der Waals surface area contributed by atoms with Crippen LogP contribution in [0.4, 0.5) is 20.3 Å². The van der Waals surface area contributed by atoms with Crippen molar-refractivity contribution in [2.75, 3.05) is 42.9 Å². The standard InChI is InChI=1S/C17H19F2N5O/c1-2-23-8-10-24(11-9-23)15-7-6-14(21-22-15)17(25)20-16-12(18)4-3-5-13(16)19/h3-7H,2,8-11H2,1H3,(H,20,25). The summed E-state index contributed by atoms with van der Waals surface area (Å²) in [7, 11) is 0. The molecular formula is C17H19F2N5O. The van der Waals surface area contributed by atoms with Crippen LogP contribution >= 0.6 is 0 Å². The third-order valence-electron chi connectivity index (χ3n) is 4.23. The Kier molecular flexibility index (Phi) is 5.18. The van der Waals surface area contributed by atoms with Crippen LogP contribution in [0.3, 0.4) is 0 Å². The number of piperazine rings is 1. The Morgan fingerprint density at radius 2 is 1.76 bits per heavy atom. The van der Waals surface area contributed by atoms with Crippen LogP contribution in [0.5, 0.6) is 0 Å². The Morgan fingerprint density at radius 3 is 2.32 bits per heavy atom. The maximum Gasteiger partial charge on any atom is 0.276 e. The van der Waals surface area contributed by atoms with Gasteiger partial charge in [-0.25, -0.2) is 8.78 Å². The molecular weight excluding hydrogens is 328 g/mol. The highest BCUT2D eigenvalue weighted by Crippen LogP contribution is 2.19. The predicted octanol–water partition coefficient (Wildman–Crippen LogP) is 2.15. The van der Waals surface area contributed by atoms with E-state index >= 15 is 0 Å². The van der Waals surface area contributed by atoms with Gasteiger partial charge in [0.05, 0.1) is 0 Å². The molecule has 1 aliphatic rings. The van der Waals surface area contributed by atoms with Crippen LogP contribution in [-0.4, -0.2) is 53.7 Å². The highest BCUT2D eigenvalue weighted by atomic mass is 19.1. The maximum absolute atomic E-state index is 13.6. The van der Waals surface area contributed by atoms with Crippen molar-refractivity contribution in [2.45, 2.75) is 6.92 Å². The lowest BCUT2D eigenvalue weighted by Crippen LogP contribution is -2.46. The van der Waals surface area contributed by atoms with Crippen molar-refractivity contribution < 1.29 is 13.6 Å². The summed E-state index contributed by atoms with van der Waals surface area (Å²) in [6.45, 7) is 6.73. The molecule has 0 spiro atoms. The Morgan fingerprint density at radius 1 is 1.08 bits per heavy atom. The second-order valence-electron chi connectivity index (χ2n) is 5.75. The van der Waals surface area contributed by atoms with Crippen LogP contribution in [0, 0.1) is 11.6 Å². The van der Waals surface area contributed by atoms with Gasteiger partial charge in [-0.05, 0) is 30.8 Å². The van der Waals surface area contributed by atoms with Crippen LogP contribution in [0.25, 0.3) is 0 Å². The summed E-state index contributed by atoms with van der Waals surface area (Å²) in [5, 5.41) is 10.2. The number of rotatable bonds is 4. The van der Waals surface area contributed by atoms with Crippen LogP contribution in [0.1, 0.15) is 17.4 Å². The molecule has 8 heteroatoms. The zero-order valence-corrected chi connectivity index (χ0v) is 13.9. The highest BCUT2D eigenvalue weighted by molar-refractivity contribution is 6.02. The van der Waals surface area contributed by atoms with Gasteiger partial charge in [-0.3, -0.25) is 4.79 Å². The molecule has 25 heavy (non-hydrogen) atoms. The number of halogens is 2. The molecule has 2 heterocycles. The molecule has 3 rings (SSSR count). The minimum Gasteiger partial charge on any atom is -0.353 e. The topological polar surface area (TPSA) is 61.4 Å². The Bertz CT molecular complexity index is 725. The van der Waals surface area contributed by atoms with Crippen LogP contribution in [0.15, 0.2) is 30.3 Å². The van der Waals surface area contributed by atoms with E-state index in [1.165, 1.54) is 12.1 Å². The molecule has 0 aliphatic carbocycles. The molecule has 0 radical (unpaired) electrons. The van der Waals surface area contributed by atoms with Crippen molar-refractivity contribution in [3.05, 3.63) is 47.7 Å². The van der Waals surface area contributed by atoms with Gasteiger partial charge in [-0.2, -0.15) is 0 Å². The van der Waals surface area contributed by atoms with E-state index in [2.05, 4.69) is 32.2 Å². The molecule has 1 N–H and O–H groups in total. The summed E-state index contributed by atoms with van der Waals surface area (Å²) in [6.07, 6.45) is 0. The van der Waals surface area contributed by atoms with E-state index in [0.717, 1.165) is 44.9 Å². The highest BCUT2D eigenvalue weighted by Gasteiger charge is 2.19. The van der Waals surface area contributed by atoms with E-state index in [1.54, 1.807) is 6.07 Å². The first-order chi connectivity index (χ1) is 12.1. The molecule has 1 amide bonds. The molecule has 1 aliphatic heterocycles. The number of likely N-dealkylation sites (N-methyl/N-ethyl adjacent to an activating group) is 1. The van der Waals surface area contributed by atoms with Crippen molar-refractivity contribution in [1.29, 1.82) is 0 Å². The summed E-state index contributed by atoms with van der Waals surface area (Å²) < 4.78 is 27.2. The number of hydrogen-bond donors (Lipinski definition) is 1. The van der Waals surface area contributed by atoms with Crippen LogP contribution in [0.2, 0.25) is 0 Å². The quantitative estimate of drug-likeness (QED) is 0.918. The number of benzene rings is 1. The van der Waals surface area contributed by atoms with Gasteiger partial charge >= 0.3 is 0 Å². The van der Waals surface area contributed by atoms with Gasteiger partial charge in [-0.15, -0.1) is 10.2 Å². The fourth-order valence-electron chi connectivity index (χ4n) is 2.70. The maximum atomic E-state index is 13.6. The minimum atomic E-state index is -0.841. The Hall–Kier alpha value is -2.61. The number of nitrogens with zero attached hydrogens (tertiary/aromatic N) is 4. The first kappa shape index (κ1) is 17.2. The number of hydrogen-bond acceptors (Lipinski definition) is 5. The van der Waals surface area contributed by atoms with Crippen molar-refractivity contribution in [3.63, 3.8) is 0 Å². The van der Waals surface area contributed by atoms with E-state index in [0.29, 0.717) is 5.82 Å². The van der Waals surface area contributed by atoms with Crippen molar-refractivity contribution >= 4 is 17.4 Å². The average molecular weight is 347 g/mol. The van der Waals surface area contributed by atoms with Gasteiger partial charge in [0.2, 0.25) is 0 Å². The molecule has 132 valence electrons. The van der Waals surface area contributed by atoms with E-state index in [1.807, 2.05) is 0 Å². The lowest BCUT2D eigenvalue weighted by molar-refractivity contribution is 0.102. The number of carbonyl (C=O) groups is 1. The van der Waals surface area contributed by atoms with Gasteiger partial charge in [0, 0.05) is 26.2 Å². The van der Waals surface area contributed by atoms with E-state index in [4.69, 9.17) is 0 Å². The van der Waals surface area contributed by atoms with Crippen molar-refractivity contribution in [3.8, 4) is 0 Å². The van der Waals surface area contributed by atoms with Crippen molar-refractivity contribution in [2.24, 2.45) is 0 Å². The molecule has 0 unspecified atom stereocenters.